The molecule has 9 heteroatoms. The Bertz CT molecular complexity index is 1730. The molecule has 3 N–H and O–H groups in total. The molecule has 0 rings (SSSR count). The first-order chi connectivity index (χ1) is 39.5. The van der Waals surface area contributed by atoms with Crippen molar-refractivity contribution in [1.29, 1.82) is 0 Å². The van der Waals surface area contributed by atoms with Gasteiger partial charge in [0.2, 0.25) is 5.91 Å². The molecular weight excluding hydrogens is 1020 g/mol. The van der Waals surface area contributed by atoms with Gasteiger partial charge in [0.05, 0.1) is 39.9 Å². The number of amides is 1. The molecule has 0 aliphatic carbocycles. The molecule has 1 amide bonds. The number of phosphoric ester groups is 1. The summed E-state index contributed by atoms with van der Waals surface area (Å²) in [6, 6.07) is -0.876. The second-order valence-electron chi connectivity index (χ2n) is 23.4. The molecule has 3 atom stereocenters. The molecule has 0 radical (unpaired) electrons. The lowest BCUT2D eigenvalue weighted by Crippen LogP contribution is -2.45. The summed E-state index contributed by atoms with van der Waals surface area (Å²) in [5.41, 5.74) is 0. The summed E-state index contributed by atoms with van der Waals surface area (Å²) in [5, 5.41) is 13.9. The molecule has 0 aliphatic rings. The van der Waals surface area contributed by atoms with Gasteiger partial charge >= 0.3 is 7.82 Å². The van der Waals surface area contributed by atoms with Crippen LogP contribution in [-0.2, 0) is 18.4 Å². The van der Waals surface area contributed by atoms with E-state index in [1.165, 1.54) is 167 Å². The topological polar surface area (TPSA) is 105 Å². The Kier molecular flexibility index (Phi) is 59.1. The number of unbranched alkanes of at least 4 members (excludes halogenated alkanes) is 29. The molecule has 0 fully saturated rings. The minimum absolute atomic E-state index is 0.0499. The van der Waals surface area contributed by atoms with Gasteiger partial charge in [-0.3, -0.25) is 13.8 Å². The van der Waals surface area contributed by atoms with Crippen molar-refractivity contribution < 1.29 is 32.9 Å². The maximum absolute atomic E-state index is 13.0. The number of carbonyl (C=O) groups excluding carboxylic acids is 1. The Balaban J connectivity index is 4.08. The van der Waals surface area contributed by atoms with E-state index in [2.05, 4.69) is 129 Å². The average molecular weight is 1150 g/mol. The van der Waals surface area contributed by atoms with Crippen LogP contribution in [0.3, 0.4) is 0 Å². The van der Waals surface area contributed by atoms with Gasteiger partial charge in [-0.15, -0.1) is 0 Å². The van der Waals surface area contributed by atoms with Gasteiger partial charge in [0, 0.05) is 6.42 Å². The highest BCUT2D eigenvalue weighted by Crippen LogP contribution is 2.43. The Morgan fingerprint density at radius 1 is 0.432 bits per heavy atom. The number of quaternary nitrogens is 1. The molecular formula is C72H128N2O6P+. The van der Waals surface area contributed by atoms with E-state index in [4.69, 9.17) is 9.05 Å². The SMILES string of the molecule is CC/C=C\C/C=C\C/C=C\C/C=C\C/C=C\C/C=C\C/C=C\CCCCCCCCCCCCCCCCCCCC(=O)NC(COP(=O)(O)OCC[N+](C)(C)C)C(O)/C=C/CC/C=C/CC/C=C/CCCCCCCCCCCC. The fourth-order valence-electron chi connectivity index (χ4n) is 9.23. The van der Waals surface area contributed by atoms with Crippen molar-refractivity contribution in [1.82, 2.24) is 5.32 Å². The fraction of sp³-hybridized carbons (Fsp3) is 0.708. The molecule has 0 saturated carbocycles. The van der Waals surface area contributed by atoms with Crippen LogP contribution in [0.15, 0.2) is 122 Å². The van der Waals surface area contributed by atoms with Gasteiger partial charge in [0.15, 0.2) is 0 Å². The molecule has 0 saturated heterocycles. The third-order valence-electron chi connectivity index (χ3n) is 14.4. The molecule has 0 spiro atoms. The third-order valence-corrected chi connectivity index (χ3v) is 15.4. The van der Waals surface area contributed by atoms with Crippen LogP contribution in [0.2, 0.25) is 0 Å². The zero-order valence-electron chi connectivity index (χ0n) is 53.2. The average Bonchev–Trinajstić information content (AvgIpc) is 3.43. The summed E-state index contributed by atoms with van der Waals surface area (Å²) in [5.74, 6) is -0.192. The number of aliphatic hydroxyl groups is 1. The molecule has 0 aromatic carbocycles. The van der Waals surface area contributed by atoms with Crippen LogP contribution in [0.4, 0.5) is 0 Å². The molecule has 0 bridgehead atoms. The van der Waals surface area contributed by atoms with Gasteiger partial charge in [-0.2, -0.15) is 0 Å². The molecule has 0 aromatic rings. The fourth-order valence-corrected chi connectivity index (χ4v) is 9.97. The highest BCUT2D eigenvalue weighted by molar-refractivity contribution is 7.47. The maximum Gasteiger partial charge on any atom is 0.472 e. The normalized spacial score (nSPS) is 14.5. The van der Waals surface area contributed by atoms with Crippen LogP contribution in [0.1, 0.15) is 277 Å². The van der Waals surface area contributed by atoms with Gasteiger partial charge < -0.3 is 19.8 Å². The minimum Gasteiger partial charge on any atom is -0.387 e. The zero-order chi connectivity index (χ0) is 59.1. The summed E-state index contributed by atoms with van der Waals surface area (Å²) in [6.07, 6.45) is 91.9. The summed E-state index contributed by atoms with van der Waals surface area (Å²) in [7, 11) is 1.54. The van der Waals surface area contributed by atoms with Crippen LogP contribution in [0, 0.1) is 0 Å². The Morgan fingerprint density at radius 2 is 0.753 bits per heavy atom. The van der Waals surface area contributed by atoms with Crippen molar-refractivity contribution in [2.45, 2.75) is 289 Å². The highest BCUT2D eigenvalue weighted by Gasteiger charge is 2.27. The number of rotatable bonds is 60. The van der Waals surface area contributed by atoms with Crippen molar-refractivity contribution in [2.75, 3.05) is 40.9 Å². The summed E-state index contributed by atoms with van der Waals surface area (Å²) >= 11 is 0. The van der Waals surface area contributed by atoms with Gasteiger partial charge in [0.25, 0.3) is 0 Å². The Hall–Kier alpha value is -3.10. The number of likely N-dealkylation sites (N-methyl/N-ethyl adjacent to an activating group) is 1. The summed E-state index contributed by atoms with van der Waals surface area (Å²) in [6.45, 7) is 4.68. The van der Waals surface area contributed by atoms with Gasteiger partial charge in [-0.1, -0.05) is 289 Å². The second-order valence-corrected chi connectivity index (χ2v) is 24.9. The van der Waals surface area contributed by atoms with E-state index in [0.29, 0.717) is 17.4 Å². The molecule has 8 nitrogen and oxygen atoms in total. The van der Waals surface area contributed by atoms with Crippen LogP contribution in [0.25, 0.3) is 0 Å². The van der Waals surface area contributed by atoms with E-state index in [1.54, 1.807) is 6.08 Å². The first-order valence-electron chi connectivity index (χ1n) is 33.4. The van der Waals surface area contributed by atoms with Crippen molar-refractivity contribution in [3.63, 3.8) is 0 Å². The van der Waals surface area contributed by atoms with Crippen molar-refractivity contribution in [3.05, 3.63) is 122 Å². The van der Waals surface area contributed by atoms with Gasteiger partial charge in [-0.25, -0.2) is 4.57 Å². The number of nitrogens with one attached hydrogen (secondary N) is 1. The third kappa shape index (κ3) is 64.3. The molecule has 0 aromatic heterocycles. The lowest BCUT2D eigenvalue weighted by molar-refractivity contribution is -0.870. The van der Waals surface area contributed by atoms with E-state index < -0.39 is 20.0 Å². The maximum atomic E-state index is 13.0. The monoisotopic (exact) mass is 1150 g/mol. The predicted molar refractivity (Wildman–Crippen MR) is 355 cm³/mol. The molecule has 0 aliphatic heterocycles. The number of nitrogens with zero attached hydrogens (tertiary/aromatic N) is 1. The zero-order valence-corrected chi connectivity index (χ0v) is 54.1. The Labute approximate surface area is 501 Å². The van der Waals surface area contributed by atoms with E-state index in [9.17, 15) is 19.4 Å². The number of hydrogen-bond donors (Lipinski definition) is 3. The molecule has 0 heterocycles. The van der Waals surface area contributed by atoms with Crippen LogP contribution in [0.5, 0.6) is 0 Å². The number of hydrogen-bond acceptors (Lipinski definition) is 5. The predicted octanol–water partition coefficient (Wildman–Crippen LogP) is 21.3. The molecule has 466 valence electrons. The van der Waals surface area contributed by atoms with Gasteiger partial charge in [-0.05, 0) is 103 Å². The smallest absolute Gasteiger partial charge is 0.387 e. The van der Waals surface area contributed by atoms with Crippen molar-refractivity contribution in [3.8, 4) is 0 Å². The number of allylic oxidation sites excluding steroid dienone is 19. The highest BCUT2D eigenvalue weighted by atomic mass is 31.2. The summed E-state index contributed by atoms with van der Waals surface area (Å²) in [4.78, 5) is 23.4. The number of phosphoric acid groups is 1. The van der Waals surface area contributed by atoms with E-state index >= 15 is 0 Å². The number of aliphatic hydroxyl groups excluding tert-OH is 1. The van der Waals surface area contributed by atoms with E-state index in [0.717, 1.165) is 89.9 Å². The second kappa shape index (κ2) is 61.5. The largest absolute Gasteiger partial charge is 0.472 e. The summed E-state index contributed by atoms with van der Waals surface area (Å²) < 4.78 is 23.7. The van der Waals surface area contributed by atoms with Crippen LogP contribution >= 0.6 is 7.82 Å². The minimum atomic E-state index is -4.37. The Morgan fingerprint density at radius 3 is 1.14 bits per heavy atom. The van der Waals surface area contributed by atoms with E-state index in [-0.39, 0.29) is 19.1 Å². The van der Waals surface area contributed by atoms with Crippen LogP contribution in [-0.4, -0.2) is 73.4 Å². The standard InChI is InChI=1S/C72H127N2O6P/c1-6-8-10-12-14-16-18-20-22-24-26-28-29-30-31-32-33-34-35-36-37-38-39-40-41-42-43-44-45-46-48-50-52-54-56-58-60-62-64-66-72(76)73-70(69-80-81(77,78)79-68-67-74(3,4)5)71(75)65-63-61-59-57-55-53-51-49-47-27-25-23-21-19-17-15-13-11-9-7-2/h8,10,14,16,20,22,26,28,30-31,33-34,36-37,47,49,55,57,63,65,70-71,75H,6-7,9,11-13,15,17-19,21,23-25,27,29,32,35,38-46,48,50-54,56,58-62,64,66-69H2,1-5H3,(H-,73,76,77,78)/p+1/b10-8-,16-14-,22-20-,28-26-,31-30-,34-33-,37-36-,49-47+,57-55+,65-63+. The molecule has 81 heavy (non-hydrogen) atoms. The first kappa shape index (κ1) is 77.9. The van der Waals surface area contributed by atoms with Crippen molar-refractivity contribution >= 4 is 13.7 Å². The van der Waals surface area contributed by atoms with Crippen LogP contribution < -0.4 is 5.32 Å². The quantitative estimate of drug-likeness (QED) is 0.0243. The first-order valence-corrected chi connectivity index (χ1v) is 34.9. The lowest BCUT2D eigenvalue weighted by atomic mass is 10.0. The number of carbonyl (C=O) groups is 1. The lowest BCUT2D eigenvalue weighted by Gasteiger charge is -2.25. The molecule has 3 unspecified atom stereocenters. The van der Waals surface area contributed by atoms with Gasteiger partial charge in [0.1, 0.15) is 13.2 Å². The van der Waals surface area contributed by atoms with Crippen molar-refractivity contribution in [2.24, 2.45) is 0 Å². The van der Waals surface area contributed by atoms with E-state index in [1.807, 2.05) is 27.2 Å².